The summed E-state index contributed by atoms with van der Waals surface area (Å²) in [6, 6.07) is 11.7. The van der Waals surface area contributed by atoms with E-state index in [1.165, 1.54) is 37.4 Å². The van der Waals surface area contributed by atoms with Crippen LogP contribution in [0.25, 0.3) is 11.0 Å². The van der Waals surface area contributed by atoms with Gasteiger partial charge in [-0.25, -0.2) is 4.79 Å². The van der Waals surface area contributed by atoms with Crippen LogP contribution in [0, 0.1) is 10.1 Å². The molecule has 3 rings (SSSR count). The van der Waals surface area contributed by atoms with Gasteiger partial charge < -0.3 is 19.2 Å². The molecule has 1 aromatic heterocycles. The first kappa shape index (κ1) is 18.9. The minimum atomic E-state index is -0.896. The monoisotopic (exact) mass is 384 g/mol. The van der Waals surface area contributed by atoms with Crippen molar-refractivity contribution in [1.82, 2.24) is 0 Å². The summed E-state index contributed by atoms with van der Waals surface area (Å²) in [5, 5.41) is 14.2. The third-order valence-corrected chi connectivity index (χ3v) is 3.93. The van der Waals surface area contributed by atoms with Crippen molar-refractivity contribution in [3.8, 4) is 11.5 Å². The van der Waals surface area contributed by atoms with Gasteiger partial charge in [0.25, 0.3) is 11.6 Å². The number of ether oxygens (including phenoxy) is 2. The molecule has 0 fully saturated rings. The molecule has 2 aromatic carbocycles. The Morgan fingerprint density at radius 1 is 1.18 bits per heavy atom. The second-order valence-corrected chi connectivity index (χ2v) is 5.85. The number of nitrogens with zero attached hydrogens (tertiary/aromatic N) is 1. The molecule has 9 heteroatoms. The summed E-state index contributed by atoms with van der Waals surface area (Å²) >= 11 is 0. The SMILES string of the molecule is COc1cc([N+](=O)[O-])ccc1NC(=O)[C@@H](C)Oc1ccc2ccc(=O)oc2c1. The molecule has 0 aliphatic carbocycles. The molecule has 0 saturated carbocycles. The van der Waals surface area contributed by atoms with Crippen LogP contribution < -0.4 is 20.4 Å². The lowest BCUT2D eigenvalue weighted by Gasteiger charge is -2.16. The van der Waals surface area contributed by atoms with E-state index in [1.807, 2.05) is 0 Å². The van der Waals surface area contributed by atoms with Crippen LogP contribution in [0.2, 0.25) is 0 Å². The van der Waals surface area contributed by atoms with Crippen LogP contribution in [0.3, 0.4) is 0 Å². The van der Waals surface area contributed by atoms with Crippen molar-refractivity contribution in [2.24, 2.45) is 0 Å². The van der Waals surface area contributed by atoms with Gasteiger partial charge in [0.1, 0.15) is 17.1 Å². The molecule has 28 heavy (non-hydrogen) atoms. The molecule has 1 atom stereocenters. The molecule has 1 amide bonds. The maximum Gasteiger partial charge on any atom is 0.336 e. The molecule has 0 bridgehead atoms. The Kier molecular flexibility index (Phi) is 5.25. The number of hydrogen-bond acceptors (Lipinski definition) is 7. The maximum absolute atomic E-state index is 12.4. The highest BCUT2D eigenvalue weighted by Crippen LogP contribution is 2.29. The summed E-state index contributed by atoms with van der Waals surface area (Å²) in [5.74, 6) is 0.0177. The van der Waals surface area contributed by atoms with Crippen molar-refractivity contribution < 1.29 is 23.6 Å². The third kappa shape index (κ3) is 4.09. The van der Waals surface area contributed by atoms with E-state index < -0.39 is 22.6 Å². The van der Waals surface area contributed by atoms with E-state index >= 15 is 0 Å². The standard InChI is InChI=1S/C19H16N2O7/c1-11(27-14-6-3-12-4-8-18(22)28-16(12)10-14)19(23)20-15-7-5-13(21(24)25)9-17(15)26-2/h3-11H,1-2H3,(H,20,23)/t11-/m1/s1. The molecule has 1 heterocycles. The molecule has 0 saturated heterocycles. The number of non-ortho nitro benzene ring substituents is 1. The number of carbonyl (C=O) groups excluding carboxylic acids is 1. The number of rotatable bonds is 6. The summed E-state index contributed by atoms with van der Waals surface area (Å²) < 4.78 is 15.8. The Bertz CT molecular complexity index is 1110. The van der Waals surface area contributed by atoms with Crippen LogP contribution in [0.15, 0.2) is 57.7 Å². The molecule has 0 radical (unpaired) electrons. The number of fused-ring (bicyclic) bond motifs is 1. The first-order valence-corrected chi connectivity index (χ1v) is 8.21. The molecule has 0 unspecified atom stereocenters. The van der Waals surface area contributed by atoms with Crippen molar-refractivity contribution >= 4 is 28.3 Å². The first-order chi connectivity index (χ1) is 13.4. The molecule has 0 aliphatic heterocycles. The van der Waals surface area contributed by atoms with Crippen LogP contribution >= 0.6 is 0 Å². The van der Waals surface area contributed by atoms with Crippen LogP contribution in [0.5, 0.6) is 11.5 Å². The summed E-state index contributed by atoms with van der Waals surface area (Å²) in [4.78, 5) is 34.0. The zero-order valence-electron chi connectivity index (χ0n) is 15.0. The number of methoxy groups -OCH3 is 1. The number of amides is 1. The number of nitro groups is 1. The lowest BCUT2D eigenvalue weighted by atomic mass is 10.2. The van der Waals surface area contributed by atoms with E-state index in [1.54, 1.807) is 25.1 Å². The van der Waals surface area contributed by atoms with Gasteiger partial charge in [0, 0.05) is 23.6 Å². The van der Waals surface area contributed by atoms with Gasteiger partial charge in [-0.15, -0.1) is 0 Å². The summed E-state index contributed by atoms with van der Waals surface area (Å²) in [7, 11) is 1.34. The van der Waals surface area contributed by atoms with E-state index in [4.69, 9.17) is 13.9 Å². The van der Waals surface area contributed by atoms with Crippen LogP contribution in [-0.4, -0.2) is 24.0 Å². The van der Waals surface area contributed by atoms with Gasteiger partial charge in [0.15, 0.2) is 6.10 Å². The van der Waals surface area contributed by atoms with Crippen molar-refractivity contribution in [1.29, 1.82) is 0 Å². The highest BCUT2D eigenvalue weighted by Gasteiger charge is 2.19. The average Bonchev–Trinajstić information content (AvgIpc) is 2.67. The van der Waals surface area contributed by atoms with Crippen LogP contribution in [0.4, 0.5) is 11.4 Å². The van der Waals surface area contributed by atoms with Gasteiger partial charge in [-0.3, -0.25) is 14.9 Å². The van der Waals surface area contributed by atoms with Gasteiger partial charge in [0.05, 0.1) is 23.8 Å². The smallest absolute Gasteiger partial charge is 0.336 e. The molecule has 0 aliphatic rings. The highest BCUT2D eigenvalue weighted by molar-refractivity contribution is 5.95. The predicted molar refractivity (Wildman–Crippen MR) is 101 cm³/mol. The predicted octanol–water partition coefficient (Wildman–Crippen LogP) is 3.12. The van der Waals surface area contributed by atoms with Crippen LogP contribution in [0.1, 0.15) is 6.92 Å². The lowest BCUT2D eigenvalue weighted by molar-refractivity contribution is -0.384. The van der Waals surface area contributed by atoms with Crippen molar-refractivity contribution in [3.05, 3.63) is 69.1 Å². The Morgan fingerprint density at radius 2 is 1.93 bits per heavy atom. The molecule has 3 aromatic rings. The largest absolute Gasteiger partial charge is 0.494 e. The normalized spacial score (nSPS) is 11.6. The minimum Gasteiger partial charge on any atom is -0.494 e. The van der Waals surface area contributed by atoms with E-state index in [2.05, 4.69) is 5.32 Å². The van der Waals surface area contributed by atoms with E-state index in [0.29, 0.717) is 11.3 Å². The number of nitro benzene ring substituents is 1. The Balaban J connectivity index is 1.74. The first-order valence-electron chi connectivity index (χ1n) is 8.21. The topological polar surface area (TPSA) is 121 Å². The Hall–Kier alpha value is -3.88. The molecule has 1 N–H and O–H groups in total. The van der Waals surface area contributed by atoms with Gasteiger partial charge >= 0.3 is 5.63 Å². The van der Waals surface area contributed by atoms with Gasteiger partial charge in [-0.1, -0.05) is 0 Å². The van der Waals surface area contributed by atoms with Crippen molar-refractivity contribution in [3.63, 3.8) is 0 Å². The number of nitrogens with one attached hydrogen (secondary N) is 1. The van der Waals surface area contributed by atoms with Gasteiger partial charge in [-0.2, -0.15) is 0 Å². The molecule has 9 nitrogen and oxygen atoms in total. The molecule has 0 spiro atoms. The second kappa shape index (κ2) is 7.78. The molecule has 144 valence electrons. The van der Waals surface area contributed by atoms with E-state index in [0.717, 1.165) is 5.39 Å². The zero-order valence-corrected chi connectivity index (χ0v) is 15.0. The minimum absolute atomic E-state index is 0.155. The molecular formula is C19H16N2O7. The maximum atomic E-state index is 12.4. The fraction of sp³-hybridized carbons (Fsp3) is 0.158. The average molecular weight is 384 g/mol. The number of carbonyl (C=O) groups is 1. The number of anilines is 1. The summed E-state index contributed by atoms with van der Waals surface area (Å²) in [6.07, 6.45) is -0.896. The van der Waals surface area contributed by atoms with E-state index in [9.17, 15) is 19.7 Å². The number of benzene rings is 2. The fourth-order valence-electron chi connectivity index (χ4n) is 2.50. The van der Waals surface area contributed by atoms with Crippen molar-refractivity contribution in [2.75, 3.05) is 12.4 Å². The zero-order chi connectivity index (χ0) is 20.3. The van der Waals surface area contributed by atoms with E-state index in [-0.39, 0.29) is 17.1 Å². The summed E-state index contributed by atoms with van der Waals surface area (Å²) in [5.41, 5.74) is -0.0229. The third-order valence-electron chi connectivity index (χ3n) is 3.93. The Morgan fingerprint density at radius 3 is 2.64 bits per heavy atom. The number of hydrogen-bond donors (Lipinski definition) is 1. The van der Waals surface area contributed by atoms with Crippen molar-refractivity contribution in [2.45, 2.75) is 13.0 Å². The lowest BCUT2D eigenvalue weighted by Crippen LogP contribution is -2.30. The Labute approximate surface area is 158 Å². The quantitative estimate of drug-likeness (QED) is 0.394. The highest BCUT2D eigenvalue weighted by atomic mass is 16.6. The van der Waals surface area contributed by atoms with Gasteiger partial charge in [0.2, 0.25) is 0 Å². The summed E-state index contributed by atoms with van der Waals surface area (Å²) in [6.45, 7) is 1.54. The second-order valence-electron chi connectivity index (χ2n) is 5.85. The van der Waals surface area contributed by atoms with Crippen LogP contribution in [-0.2, 0) is 4.79 Å². The molecular weight excluding hydrogens is 368 g/mol. The fourth-order valence-corrected chi connectivity index (χ4v) is 2.50. The van der Waals surface area contributed by atoms with Gasteiger partial charge in [-0.05, 0) is 31.2 Å².